The van der Waals surface area contributed by atoms with E-state index in [1.165, 1.54) is 0 Å². The van der Waals surface area contributed by atoms with Crippen molar-refractivity contribution in [1.82, 2.24) is 10.6 Å². The van der Waals surface area contributed by atoms with E-state index < -0.39 is 6.04 Å². The Morgan fingerprint density at radius 3 is 2.16 bits per heavy atom. The molecule has 0 unspecified atom stereocenters. The van der Waals surface area contributed by atoms with E-state index in [4.69, 9.17) is 4.74 Å². The van der Waals surface area contributed by atoms with E-state index in [1.807, 2.05) is 42.5 Å². The maximum absolute atomic E-state index is 12.9. The van der Waals surface area contributed by atoms with E-state index >= 15 is 0 Å². The summed E-state index contributed by atoms with van der Waals surface area (Å²) < 4.78 is 5.14. The van der Waals surface area contributed by atoms with Crippen LogP contribution in [0, 0.1) is 0 Å². The molecule has 3 aromatic rings. The van der Waals surface area contributed by atoms with Crippen molar-refractivity contribution >= 4 is 11.8 Å². The molecule has 0 aliphatic rings. The maximum atomic E-state index is 12.9. The number of nitrogens with one attached hydrogen (secondary N) is 2. The van der Waals surface area contributed by atoms with Crippen LogP contribution in [0.2, 0.25) is 0 Å². The van der Waals surface area contributed by atoms with Gasteiger partial charge in [-0.25, -0.2) is 0 Å². The van der Waals surface area contributed by atoms with E-state index in [1.54, 1.807) is 43.5 Å². The number of benzene rings is 3. The first-order valence-corrected chi connectivity index (χ1v) is 10.1. The maximum Gasteiger partial charge on any atom is 0.243 e. The summed E-state index contributed by atoms with van der Waals surface area (Å²) in [5.74, 6) is 0.357. The lowest BCUT2D eigenvalue weighted by Gasteiger charge is -2.19. The number of methoxy groups -OCH3 is 1. The quantitative estimate of drug-likeness (QED) is 0.499. The summed E-state index contributed by atoms with van der Waals surface area (Å²) in [6.45, 7) is 0.375. The minimum Gasteiger partial charge on any atom is -0.508 e. The summed E-state index contributed by atoms with van der Waals surface area (Å²) in [6.07, 6.45) is 0.470. The van der Waals surface area contributed by atoms with Crippen LogP contribution in [0.1, 0.15) is 16.7 Å². The van der Waals surface area contributed by atoms with E-state index in [2.05, 4.69) is 10.6 Å². The number of carbonyl (C=O) groups excluding carboxylic acids is 2. The van der Waals surface area contributed by atoms with Crippen LogP contribution < -0.4 is 15.4 Å². The number of ether oxygens (including phenoxy) is 1. The van der Waals surface area contributed by atoms with Crippen LogP contribution in [0.4, 0.5) is 0 Å². The minimum absolute atomic E-state index is 0.150. The fraction of sp³-hybridized carbons (Fsp3) is 0.200. The number of aromatic hydroxyl groups is 1. The lowest BCUT2D eigenvalue weighted by atomic mass is 10.0. The average Bonchev–Trinajstić information content (AvgIpc) is 2.79. The number of hydrogen-bond donors (Lipinski definition) is 3. The van der Waals surface area contributed by atoms with Gasteiger partial charge in [-0.3, -0.25) is 9.59 Å². The molecule has 0 radical (unpaired) electrons. The molecule has 0 aliphatic carbocycles. The molecule has 3 rings (SSSR count). The van der Waals surface area contributed by atoms with E-state index in [0.717, 1.165) is 22.4 Å². The Morgan fingerprint density at radius 2 is 1.52 bits per heavy atom. The normalized spacial score (nSPS) is 11.4. The SMILES string of the molecule is COc1ccc(CC(=O)N[C@H](Cc2ccc(O)cc2)C(=O)NCc2ccccc2)cc1. The molecule has 1 atom stereocenters. The minimum atomic E-state index is -0.737. The van der Waals surface area contributed by atoms with Crippen LogP contribution in [-0.4, -0.2) is 30.1 Å². The predicted octanol–water partition coefficient (Wildman–Crippen LogP) is 2.99. The molecule has 6 heteroatoms. The number of hydrogen-bond acceptors (Lipinski definition) is 4. The fourth-order valence-electron chi connectivity index (χ4n) is 3.16. The van der Waals surface area contributed by atoms with Crippen molar-refractivity contribution in [2.24, 2.45) is 0 Å². The van der Waals surface area contributed by atoms with Crippen molar-refractivity contribution < 1.29 is 19.4 Å². The van der Waals surface area contributed by atoms with Crippen LogP contribution in [0.15, 0.2) is 78.9 Å². The lowest BCUT2D eigenvalue weighted by molar-refractivity contribution is -0.128. The summed E-state index contributed by atoms with van der Waals surface area (Å²) >= 11 is 0. The Bertz CT molecular complexity index is 986. The summed E-state index contributed by atoms with van der Waals surface area (Å²) in [7, 11) is 1.59. The third-order valence-corrected chi connectivity index (χ3v) is 4.86. The topological polar surface area (TPSA) is 87.7 Å². The van der Waals surface area contributed by atoms with Crippen molar-refractivity contribution in [2.75, 3.05) is 7.11 Å². The second-order valence-corrected chi connectivity index (χ2v) is 7.22. The zero-order chi connectivity index (χ0) is 22.1. The van der Waals surface area contributed by atoms with Gasteiger partial charge >= 0.3 is 0 Å². The first-order valence-electron chi connectivity index (χ1n) is 10.1. The van der Waals surface area contributed by atoms with E-state index in [0.29, 0.717) is 13.0 Å². The van der Waals surface area contributed by atoms with E-state index in [-0.39, 0.29) is 24.0 Å². The van der Waals surface area contributed by atoms with Gasteiger partial charge in [-0.2, -0.15) is 0 Å². The average molecular weight is 418 g/mol. The van der Waals surface area contributed by atoms with Crippen molar-refractivity contribution in [3.63, 3.8) is 0 Å². The van der Waals surface area contributed by atoms with Crippen LogP contribution in [-0.2, 0) is 29.0 Å². The molecule has 31 heavy (non-hydrogen) atoms. The molecule has 0 bridgehead atoms. The molecule has 160 valence electrons. The fourth-order valence-corrected chi connectivity index (χ4v) is 3.16. The van der Waals surface area contributed by atoms with E-state index in [9.17, 15) is 14.7 Å². The largest absolute Gasteiger partial charge is 0.508 e. The molecule has 0 heterocycles. The molecule has 0 saturated heterocycles. The molecule has 0 aromatic heterocycles. The van der Waals surface area contributed by atoms with Gasteiger partial charge in [0.15, 0.2) is 0 Å². The van der Waals surface area contributed by atoms with Crippen LogP contribution in [0.25, 0.3) is 0 Å². The number of phenols is 1. The van der Waals surface area contributed by atoms with Gasteiger partial charge in [-0.1, -0.05) is 54.6 Å². The Kier molecular flexibility index (Phi) is 7.65. The molecule has 0 spiro atoms. The second kappa shape index (κ2) is 10.8. The zero-order valence-corrected chi connectivity index (χ0v) is 17.4. The molecule has 0 aliphatic heterocycles. The van der Waals surface area contributed by atoms with Crippen LogP contribution >= 0.6 is 0 Å². The monoisotopic (exact) mass is 418 g/mol. The summed E-state index contributed by atoms with van der Waals surface area (Å²) in [6, 6.07) is 22.7. The highest BCUT2D eigenvalue weighted by Crippen LogP contribution is 2.13. The summed E-state index contributed by atoms with van der Waals surface area (Å²) in [4.78, 5) is 25.5. The number of phenolic OH excluding ortho intramolecular Hbond substituents is 1. The van der Waals surface area contributed by atoms with Crippen molar-refractivity contribution in [3.05, 3.63) is 95.6 Å². The Balaban J connectivity index is 1.66. The van der Waals surface area contributed by atoms with Gasteiger partial charge < -0.3 is 20.5 Å². The Labute approximate surface area is 181 Å². The first-order chi connectivity index (χ1) is 15.0. The lowest BCUT2D eigenvalue weighted by Crippen LogP contribution is -2.48. The number of rotatable bonds is 9. The standard InChI is InChI=1S/C25H26N2O4/c1-31-22-13-9-19(10-14-22)16-24(29)27-23(15-18-7-11-21(28)12-8-18)25(30)26-17-20-5-3-2-4-6-20/h2-14,23,28H,15-17H2,1H3,(H,26,30)(H,27,29)/t23-/m1/s1. The van der Waals surface area contributed by atoms with Gasteiger partial charge in [0.05, 0.1) is 13.5 Å². The highest BCUT2D eigenvalue weighted by molar-refractivity contribution is 5.88. The second-order valence-electron chi connectivity index (χ2n) is 7.22. The highest BCUT2D eigenvalue weighted by Gasteiger charge is 2.21. The van der Waals surface area contributed by atoms with Gasteiger partial charge in [-0.15, -0.1) is 0 Å². The first kappa shape index (κ1) is 21.9. The van der Waals surface area contributed by atoms with Gasteiger partial charge in [0.1, 0.15) is 17.5 Å². The summed E-state index contributed by atoms with van der Waals surface area (Å²) in [5.41, 5.74) is 2.64. The third kappa shape index (κ3) is 6.89. The predicted molar refractivity (Wildman–Crippen MR) is 119 cm³/mol. The van der Waals surface area contributed by atoms with Crippen molar-refractivity contribution in [2.45, 2.75) is 25.4 Å². The highest BCUT2D eigenvalue weighted by atomic mass is 16.5. The molecule has 3 N–H and O–H groups in total. The van der Waals surface area contributed by atoms with Crippen LogP contribution in [0.3, 0.4) is 0 Å². The Hall–Kier alpha value is -3.80. The molecule has 2 amide bonds. The molecular formula is C25H26N2O4. The third-order valence-electron chi connectivity index (χ3n) is 4.86. The molecule has 0 saturated carbocycles. The summed E-state index contributed by atoms with van der Waals surface area (Å²) in [5, 5.41) is 15.2. The number of amides is 2. The van der Waals surface area contributed by atoms with Gasteiger partial charge in [-0.05, 0) is 41.0 Å². The molecule has 6 nitrogen and oxygen atoms in total. The van der Waals surface area contributed by atoms with Crippen molar-refractivity contribution in [3.8, 4) is 11.5 Å². The molecule has 0 fully saturated rings. The smallest absolute Gasteiger partial charge is 0.243 e. The Morgan fingerprint density at radius 1 is 0.871 bits per heavy atom. The van der Waals surface area contributed by atoms with Gasteiger partial charge in [0.25, 0.3) is 0 Å². The van der Waals surface area contributed by atoms with Gasteiger partial charge in [0, 0.05) is 13.0 Å². The van der Waals surface area contributed by atoms with Crippen LogP contribution in [0.5, 0.6) is 11.5 Å². The molecular weight excluding hydrogens is 392 g/mol. The van der Waals surface area contributed by atoms with Crippen molar-refractivity contribution in [1.29, 1.82) is 0 Å². The zero-order valence-electron chi connectivity index (χ0n) is 17.4. The van der Waals surface area contributed by atoms with Gasteiger partial charge in [0.2, 0.25) is 11.8 Å². The molecule has 3 aromatic carbocycles. The number of carbonyl (C=O) groups is 2.